The monoisotopic (exact) mass is 475 g/mol. The molecule has 0 radical (unpaired) electrons. The Morgan fingerprint density at radius 1 is 0.857 bits per heavy atom. The highest BCUT2D eigenvalue weighted by Gasteiger charge is 2.11. The standard InChI is InChI=1S/C29H33NO5/c1-4-6-19-34-26-17-9-22(20-27(26)33-5-2)10-18-28(31)35-25-15-11-23(12-16-25)29(32)30-24-13-7-21(3)8-14-24/h7-9,11-17,20H,4-6,10,18-19H2,1-3H3,(H,30,32). The molecule has 0 aliphatic rings. The molecule has 0 saturated heterocycles. The van der Waals surface area contributed by atoms with Crippen LogP contribution >= 0.6 is 0 Å². The fourth-order valence-electron chi connectivity index (χ4n) is 3.37. The van der Waals surface area contributed by atoms with Crippen molar-refractivity contribution in [3.05, 3.63) is 83.4 Å². The lowest BCUT2D eigenvalue weighted by atomic mass is 10.1. The summed E-state index contributed by atoms with van der Waals surface area (Å²) in [7, 11) is 0. The Morgan fingerprint density at radius 3 is 2.29 bits per heavy atom. The number of carbonyl (C=O) groups excluding carboxylic acids is 2. The molecule has 1 amide bonds. The molecule has 35 heavy (non-hydrogen) atoms. The van der Waals surface area contributed by atoms with Crippen LogP contribution in [0.5, 0.6) is 17.2 Å². The van der Waals surface area contributed by atoms with Gasteiger partial charge in [-0.25, -0.2) is 0 Å². The second-order valence-electron chi connectivity index (χ2n) is 8.23. The topological polar surface area (TPSA) is 73.9 Å². The number of rotatable bonds is 12. The third kappa shape index (κ3) is 8.18. The molecule has 6 heteroatoms. The first-order valence-corrected chi connectivity index (χ1v) is 12.1. The first kappa shape index (κ1) is 25.8. The van der Waals surface area contributed by atoms with Crippen molar-refractivity contribution in [3.63, 3.8) is 0 Å². The number of hydrogen-bond donors (Lipinski definition) is 1. The lowest BCUT2D eigenvalue weighted by Gasteiger charge is -2.13. The van der Waals surface area contributed by atoms with Crippen LogP contribution in [0.15, 0.2) is 66.7 Å². The molecule has 3 aromatic rings. The summed E-state index contributed by atoms with van der Waals surface area (Å²) in [5, 5.41) is 2.85. The predicted octanol–water partition coefficient (Wildman–Crippen LogP) is 6.36. The third-order valence-electron chi connectivity index (χ3n) is 5.34. The number of aryl methyl sites for hydroxylation is 2. The van der Waals surface area contributed by atoms with Gasteiger partial charge in [0, 0.05) is 17.7 Å². The second-order valence-corrected chi connectivity index (χ2v) is 8.23. The predicted molar refractivity (Wildman–Crippen MR) is 138 cm³/mol. The molecule has 0 saturated carbocycles. The Labute approximate surface area is 207 Å². The lowest BCUT2D eigenvalue weighted by Crippen LogP contribution is -2.12. The minimum Gasteiger partial charge on any atom is -0.490 e. The lowest BCUT2D eigenvalue weighted by molar-refractivity contribution is -0.134. The van der Waals surface area contributed by atoms with Crippen LogP contribution in [-0.2, 0) is 11.2 Å². The Bertz CT molecular complexity index is 1110. The maximum Gasteiger partial charge on any atom is 0.311 e. The van der Waals surface area contributed by atoms with Crippen LogP contribution in [0.3, 0.4) is 0 Å². The van der Waals surface area contributed by atoms with Gasteiger partial charge >= 0.3 is 5.97 Å². The molecule has 0 heterocycles. The molecule has 3 aromatic carbocycles. The number of unbranched alkanes of at least 4 members (excludes halogenated alkanes) is 1. The number of nitrogens with one attached hydrogen (secondary N) is 1. The summed E-state index contributed by atoms with van der Waals surface area (Å²) in [5.74, 6) is 1.24. The molecule has 184 valence electrons. The Balaban J connectivity index is 1.51. The summed E-state index contributed by atoms with van der Waals surface area (Å²) < 4.78 is 17.0. The summed E-state index contributed by atoms with van der Waals surface area (Å²) in [6.07, 6.45) is 2.79. The van der Waals surface area contributed by atoms with E-state index in [0.29, 0.717) is 36.7 Å². The van der Waals surface area contributed by atoms with Crippen molar-refractivity contribution in [3.8, 4) is 17.2 Å². The highest BCUT2D eigenvalue weighted by Crippen LogP contribution is 2.29. The van der Waals surface area contributed by atoms with Crippen molar-refractivity contribution in [1.82, 2.24) is 0 Å². The summed E-state index contributed by atoms with van der Waals surface area (Å²) in [6.45, 7) is 7.22. The van der Waals surface area contributed by atoms with Crippen LogP contribution in [0, 0.1) is 6.92 Å². The first-order valence-electron chi connectivity index (χ1n) is 12.1. The van der Waals surface area contributed by atoms with Crippen molar-refractivity contribution in [2.45, 2.75) is 46.5 Å². The Morgan fingerprint density at radius 2 is 1.60 bits per heavy atom. The molecular weight excluding hydrogens is 442 g/mol. The normalized spacial score (nSPS) is 10.5. The zero-order valence-electron chi connectivity index (χ0n) is 20.6. The minimum atomic E-state index is -0.344. The molecule has 0 atom stereocenters. The van der Waals surface area contributed by atoms with Crippen molar-refractivity contribution in [2.75, 3.05) is 18.5 Å². The number of esters is 1. The zero-order valence-corrected chi connectivity index (χ0v) is 20.6. The maximum absolute atomic E-state index is 12.4. The number of amides is 1. The van der Waals surface area contributed by atoms with E-state index in [0.717, 1.165) is 35.4 Å². The van der Waals surface area contributed by atoms with Gasteiger partial charge in [-0.1, -0.05) is 37.1 Å². The molecule has 0 spiro atoms. The van der Waals surface area contributed by atoms with E-state index < -0.39 is 0 Å². The van der Waals surface area contributed by atoms with Crippen molar-refractivity contribution in [1.29, 1.82) is 0 Å². The van der Waals surface area contributed by atoms with Gasteiger partial charge in [-0.3, -0.25) is 9.59 Å². The van der Waals surface area contributed by atoms with Crippen LogP contribution in [-0.4, -0.2) is 25.1 Å². The van der Waals surface area contributed by atoms with Crippen LogP contribution in [0.1, 0.15) is 54.6 Å². The molecule has 0 fully saturated rings. The van der Waals surface area contributed by atoms with Crippen LogP contribution in [0.4, 0.5) is 5.69 Å². The average Bonchev–Trinajstić information content (AvgIpc) is 2.86. The van der Waals surface area contributed by atoms with E-state index in [1.165, 1.54) is 0 Å². The smallest absolute Gasteiger partial charge is 0.311 e. The second kappa shape index (κ2) is 13.2. The van der Waals surface area contributed by atoms with Crippen molar-refractivity contribution in [2.24, 2.45) is 0 Å². The summed E-state index contributed by atoms with van der Waals surface area (Å²) in [4.78, 5) is 24.8. The number of carbonyl (C=O) groups is 2. The molecule has 1 N–H and O–H groups in total. The highest BCUT2D eigenvalue weighted by molar-refractivity contribution is 6.04. The summed E-state index contributed by atoms with van der Waals surface area (Å²) in [6, 6.07) is 19.9. The van der Waals surface area contributed by atoms with Gasteiger partial charge in [-0.15, -0.1) is 0 Å². The van der Waals surface area contributed by atoms with E-state index >= 15 is 0 Å². The minimum absolute atomic E-state index is 0.220. The van der Waals surface area contributed by atoms with E-state index in [1.54, 1.807) is 24.3 Å². The SMILES string of the molecule is CCCCOc1ccc(CCC(=O)Oc2ccc(C(=O)Nc3ccc(C)cc3)cc2)cc1OCC. The molecule has 6 nitrogen and oxygen atoms in total. The summed E-state index contributed by atoms with van der Waals surface area (Å²) >= 11 is 0. The van der Waals surface area contributed by atoms with Crippen LogP contribution in [0.2, 0.25) is 0 Å². The van der Waals surface area contributed by atoms with Gasteiger partial charge in [0.25, 0.3) is 5.91 Å². The largest absolute Gasteiger partial charge is 0.490 e. The van der Waals surface area contributed by atoms with E-state index in [4.69, 9.17) is 14.2 Å². The molecule has 3 rings (SSSR count). The maximum atomic E-state index is 12.4. The van der Waals surface area contributed by atoms with E-state index in [2.05, 4.69) is 12.2 Å². The van der Waals surface area contributed by atoms with Crippen molar-refractivity contribution < 1.29 is 23.8 Å². The highest BCUT2D eigenvalue weighted by atomic mass is 16.5. The Hall–Kier alpha value is -3.80. The number of benzene rings is 3. The van der Waals surface area contributed by atoms with Gasteiger partial charge in [0.1, 0.15) is 5.75 Å². The van der Waals surface area contributed by atoms with E-state index in [1.807, 2.05) is 56.3 Å². The summed E-state index contributed by atoms with van der Waals surface area (Å²) in [5.41, 5.74) is 3.30. The molecule has 0 unspecified atom stereocenters. The average molecular weight is 476 g/mol. The van der Waals surface area contributed by atoms with Gasteiger partial charge in [-0.2, -0.15) is 0 Å². The van der Waals surface area contributed by atoms with Crippen molar-refractivity contribution >= 4 is 17.6 Å². The molecule has 0 aliphatic heterocycles. The van der Waals surface area contributed by atoms with Gasteiger partial charge < -0.3 is 19.5 Å². The fourth-order valence-corrected chi connectivity index (χ4v) is 3.37. The number of anilines is 1. The molecule has 0 bridgehead atoms. The number of ether oxygens (including phenoxy) is 3. The molecule has 0 aromatic heterocycles. The van der Waals surface area contributed by atoms with Crippen LogP contribution in [0.25, 0.3) is 0 Å². The number of hydrogen-bond acceptors (Lipinski definition) is 5. The van der Waals surface area contributed by atoms with E-state index in [-0.39, 0.29) is 18.3 Å². The van der Waals surface area contributed by atoms with E-state index in [9.17, 15) is 9.59 Å². The fraction of sp³-hybridized carbons (Fsp3) is 0.310. The Kier molecular flexibility index (Phi) is 9.72. The van der Waals surface area contributed by atoms with Crippen LogP contribution < -0.4 is 19.5 Å². The molecular formula is C29H33NO5. The third-order valence-corrected chi connectivity index (χ3v) is 5.34. The first-order chi connectivity index (χ1) is 17.0. The quantitative estimate of drug-likeness (QED) is 0.187. The van der Waals surface area contributed by atoms with Gasteiger partial charge in [0.15, 0.2) is 11.5 Å². The molecule has 0 aliphatic carbocycles. The van der Waals surface area contributed by atoms with Gasteiger partial charge in [0.2, 0.25) is 0 Å². The zero-order chi connectivity index (χ0) is 25.0. The van der Waals surface area contributed by atoms with Gasteiger partial charge in [-0.05, 0) is 80.8 Å². The van der Waals surface area contributed by atoms with Gasteiger partial charge in [0.05, 0.1) is 13.2 Å².